The van der Waals surface area contributed by atoms with Crippen LogP contribution in [0.4, 0.5) is 0 Å². The summed E-state index contributed by atoms with van der Waals surface area (Å²) < 4.78 is 5.35. The normalized spacial score (nSPS) is 13.8. The molecule has 11 heteroatoms. The van der Waals surface area contributed by atoms with E-state index in [9.17, 15) is 29.1 Å². The Balaban J connectivity index is 1.75. The van der Waals surface area contributed by atoms with Gasteiger partial charge in [-0.3, -0.25) is 24.1 Å². The minimum absolute atomic E-state index is 0.0602. The average molecular weight is 418 g/mol. The molecule has 4 amide bonds. The van der Waals surface area contributed by atoms with Crippen LogP contribution < -0.4 is 21.1 Å². The molecule has 0 radical (unpaired) electrons. The number of carbonyl (C=O) groups excluding carboxylic acids is 4. The van der Waals surface area contributed by atoms with E-state index in [-0.39, 0.29) is 32.7 Å². The third-order valence-electron chi connectivity index (χ3n) is 4.11. The Hall–Kier alpha value is -3.73. The Bertz CT molecular complexity index is 833. The van der Waals surface area contributed by atoms with Gasteiger partial charge in [-0.25, -0.2) is 4.79 Å². The fraction of sp³-hybridized carbons (Fsp3) is 0.316. The highest BCUT2D eigenvalue weighted by Gasteiger charge is 2.22. The van der Waals surface area contributed by atoms with Gasteiger partial charge in [0.1, 0.15) is 11.8 Å². The van der Waals surface area contributed by atoms with Crippen LogP contribution in [-0.2, 0) is 30.4 Å². The maximum absolute atomic E-state index is 11.8. The van der Waals surface area contributed by atoms with Crippen molar-refractivity contribution in [2.45, 2.75) is 12.5 Å². The summed E-state index contributed by atoms with van der Waals surface area (Å²) in [6.07, 6.45) is 2.40. The van der Waals surface area contributed by atoms with Crippen LogP contribution in [0.3, 0.4) is 0 Å². The Morgan fingerprint density at radius 1 is 1.07 bits per heavy atom. The molecular weight excluding hydrogens is 396 g/mol. The van der Waals surface area contributed by atoms with Gasteiger partial charge in [-0.1, -0.05) is 12.1 Å². The molecule has 0 aliphatic carbocycles. The van der Waals surface area contributed by atoms with Gasteiger partial charge >= 0.3 is 5.97 Å². The van der Waals surface area contributed by atoms with Crippen molar-refractivity contribution in [2.75, 3.05) is 26.2 Å². The maximum atomic E-state index is 11.8. The molecule has 1 aromatic rings. The highest BCUT2D eigenvalue weighted by molar-refractivity contribution is 6.12. The number of nitrogens with two attached hydrogens (primary N) is 1. The van der Waals surface area contributed by atoms with Crippen LogP contribution in [0.1, 0.15) is 5.56 Å². The topological polar surface area (TPSA) is 168 Å². The fourth-order valence-electron chi connectivity index (χ4n) is 2.57. The number of nitrogens with zero attached hydrogens (tertiary/aromatic N) is 1. The lowest BCUT2D eigenvalue weighted by atomic mass is 10.1. The first kappa shape index (κ1) is 22.6. The van der Waals surface area contributed by atoms with Gasteiger partial charge in [0.05, 0.1) is 6.54 Å². The van der Waals surface area contributed by atoms with Crippen molar-refractivity contribution < 1.29 is 33.8 Å². The van der Waals surface area contributed by atoms with Crippen LogP contribution in [0, 0.1) is 0 Å². The van der Waals surface area contributed by atoms with E-state index in [0.29, 0.717) is 11.3 Å². The molecule has 0 unspecified atom stereocenters. The predicted octanol–water partition coefficient (Wildman–Crippen LogP) is -1.82. The molecule has 11 nitrogen and oxygen atoms in total. The number of benzene rings is 1. The number of amides is 4. The molecule has 1 aromatic carbocycles. The Kier molecular flexibility index (Phi) is 8.06. The monoisotopic (exact) mass is 418 g/mol. The zero-order valence-corrected chi connectivity index (χ0v) is 16.0. The Morgan fingerprint density at radius 3 is 2.27 bits per heavy atom. The number of carboxylic acids is 1. The van der Waals surface area contributed by atoms with Crippen LogP contribution in [0.15, 0.2) is 36.4 Å². The molecule has 2 rings (SSSR count). The highest BCUT2D eigenvalue weighted by Crippen LogP contribution is 2.13. The van der Waals surface area contributed by atoms with E-state index in [2.05, 4.69) is 10.6 Å². The van der Waals surface area contributed by atoms with Crippen LogP contribution in [-0.4, -0.2) is 71.9 Å². The van der Waals surface area contributed by atoms with Crippen LogP contribution >= 0.6 is 0 Å². The number of rotatable bonds is 11. The van der Waals surface area contributed by atoms with Gasteiger partial charge in [-0.15, -0.1) is 0 Å². The summed E-state index contributed by atoms with van der Waals surface area (Å²) in [6.45, 7) is -0.411. The van der Waals surface area contributed by atoms with E-state index in [1.54, 1.807) is 24.3 Å². The fourth-order valence-corrected chi connectivity index (χ4v) is 2.57. The molecular formula is C19H22N4O7. The molecule has 0 aromatic heterocycles. The molecule has 0 saturated carbocycles. The second-order valence-electron chi connectivity index (χ2n) is 6.31. The third-order valence-corrected chi connectivity index (χ3v) is 4.11. The van der Waals surface area contributed by atoms with E-state index in [1.165, 1.54) is 12.2 Å². The first-order valence-corrected chi connectivity index (χ1v) is 9.04. The van der Waals surface area contributed by atoms with E-state index < -0.39 is 35.6 Å². The number of imide groups is 1. The molecule has 0 bridgehead atoms. The van der Waals surface area contributed by atoms with Gasteiger partial charge < -0.3 is 26.2 Å². The number of hydrogen-bond donors (Lipinski definition) is 4. The summed E-state index contributed by atoms with van der Waals surface area (Å²) in [5.41, 5.74) is 5.82. The van der Waals surface area contributed by atoms with Crippen molar-refractivity contribution in [3.63, 3.8) is 0 Å². The Morgan fingerprint density at radius 2 is 1.70 bits per heavy atom. The molecule has 5 N–H and O–H groups in total. The third kappa shape index (κ3) is 6.71. The number of nitrogens with one attached hydrogen (secondary N) is 2. The zero-order valence-electron chi connectivity index (χ0n) is 16.0. The number of carboxylic acid groups (broad SMARTS) is 1. The molecule has 1 atom stereocenters. The van der Waals surface area contributed by atoms with Crippen LogP contribution in [0.25, 0.3) is 0 Å². The van der Waals surface area contributed by atoms with Crippen molar-refractivity contribution in [3.05, 3.63) is 42.0 Å². The standard InChI is InChI=1S/C19H22N4O7/c20-10-15(24)22-14(19(28)29)9-12-1-3-13(4-2-12)30-11-16(25)21-7-8-23-17(26)5-6-18(23)27/h1-6,14H,7-11,20H2,(H,21,25)(H,22,24)(H,28,29)/t14-/m0/s1. The largest absolute Gasteiger partial charge is 0.484 e. The summed E-state index contributed by atoms with van der Waals surface area (Å²) >= 11 is 0. The zero-order chi connectivity index (χ0) is 22.1. The molecule has 0 spiro atoms. The summed E-state index contributed by atoms with van der Waals surface area (Å²) in [7, 11) is 0. The number of aliphatic carboxylic acids is 1. The SMILES string of the molecule is NCC(=O)N[C@@H](Cc1ccc(OCC(=O)NCCN2C(=O)C=CC2=O)cc1)C(=O)O. The molecule has 1 aliphatic heterocycles. The highest BCUT2D eigenvalue weighted by atomic mass is 16.5. The molecule has 30 heavy (non-hydrogen) atoms. The Labute approximate surface area is 171 Å². The second kappa shape index (κ2) is 10.7. The van der Waals surface area contributed by atoms with Gasteiger partial charge in [0.15, 0.2) is 6.61 Å². The summed E-state index contributed by atoms with van der Waals surface area (Å²) in [4.78, 5) is 58.2. The lowest BCUT2D eigenvalue weighted by Gasteiger charge is -2.15. The number of hydrogen-bond acceptors (Lipinski definition) is 7. The van der Waals surface area contributed by atoms with E-state index in [1.807, 2.05) is 0 Å². The lowest BCUT2D eigenvalue weighted by Crippen LogP contribution is -2.44. The van der Waals surface area contributed by atoms with Crippen molar-refractivity contribution >= 4 is 29.6 Å². The van der Waals surface area contributed by atoms with E-state index in [4.69, 9.17) is 10.5 Å². The summed E-state index contributed by atoms with van der Waals surface area (Å²) in [6, 6.07) is 5.27. The summed E-state index contributed by atoms with van der Waals surface area (Å²) in [5.74, 6) is -2.62. The predicted molar refractivity (Wildman–Crippen MR) is 103 cm³/mol. The molecule has 1 aliphatic rings. The van der Waals surface area contributed by atoms with Gasteiger partial charge in [-0.05, 0) is 17.7 Å². The molecule has 1 heterocycles. The van der Waals surface area contributed by atoms with Gasteiger partial charge in [0, 0.05) is 31.7 Å². The maximum Gasteiger partial charge on any atom is 0.326 e. The number of carbonyl (C=O) groups is 5. The lowest BCUT2D eigenvalue weighted by molar-refractivity contribution is -0.141. The van der Waals surface area contributed by atoms with Crippen molar-refractivity contribution in [1.82, 2.24) is 15.5 Å². The molecule has 0 fully saturated rings. The molecule has 160 valence electrons. The first-order chi connectivity index (χ1) is 14.3. The minimum atomic E-state index is -1.18. The van der Waals surface area contributed by atoms with Crippen LogP contribution in [0.5, 0.6) is 5.75 Å². The smallest absolute Gasteiger partial charge is 0.326 e. The number of ether oxygens (including phenoxy) is 1. The van der Waals surface area contributed by atoms with Crippen molar-refractivity contribution in [3.8, 4) is 5.75 Å². The summed E-state index contributed by atoms with van der Waals surface area (Å²) in [5, 5.41) is 14.0. The van der Waals surface area contributed by atoms with Crippen molar-refractivity contribution in [2.24, 2.45) is 5.73 Å². The van der Waals surface area contributed by atoms with Crippen LogP contribution in [0.2, 0.25) is 0 Å². The quantitative estimate of drug-likeness (QED) is 0.305. The molecule has 0 saturated heterocycles. The van der Waals surface area contributed by atoms with Gasteiger partial charge in [-0.2, -0.15) is 0 Å². The average Bonchev–Trinajstić information content (AvgIpc) is 3.04. The van der Waals surface area contributed by atoms with Gasteiger partial charge in [0.25, 0.3) is 17.7 Å². The van der Waals surface area contributed by atoms with E-state index in [0.717, 1.165) is 4.90 Å². The second-order valence-corrected chi connectivity index (χ2v) is 6.31. The van der Waals surface area contributed by atoms with Gasteiger partial charge in [0.2, 0.25) is 5.91 Å². The van der Waals surface area contributed by atoms with E-state index >= 15 is 0 Å². The minimum Gasteiger partial charge on any atom is -0.484 e. The first-order valence-electron chi connectivity index (χ1n) is 9.04. The van der Waals surface area contributed by atoms with Crippen molar-refractivity contribution in [1.29, 1.82) is 0 Å².